The first-order valence-electron chi connectivity index (χ1n) is 6.11. The molecule has 1 aromatic carbocycles. The minimum atomic E-state index is -0.473. The van der Waals surface area contributed by atoms with E-state index in [0.717, 1.165) is 22.8 Å². The predicted octanol–water partition coefficient (Wildman–Crippen LogP) is 2.78. The van der Waals surface area contributed by atoms with Crippen LogP contribution in [0.25, 0.3) is 0 Å². The van der Waals surface area contributed by atoms with E-state index in [1.54, 1.807) is 30.6 Å². The summed E-state index contributed by atoms with van der Waals surface area (Å²) in [5, 5.41) is 9.61. The molecule has 1 aliphatic rings. The summed E-state index contributed by atoms with van der Waals surface area (Å²) < 4.78 is 4.69. The van der Waals surface area contributed by atoms with E-state index in [-0.39, 0.29) is 0 Å². The molecule has 5 heteroatoms. The number of benzene rings is 1. The lowest BCUT2D eigenvalue weighted by atomic mass is 10.1. The summed E-state index contributed by atoms with van der Waals surface area (Å²) in [4.78, 5) is 2.23. The molecule has 19 heavy (non-hydrogen) atoms. The largest absolute Gasteiger partial charge is 0.497 e. The molecular weight excluding hydrogens is 276 g/mol. The van der Waals surface area contributed by atoms with Gasteiger partial charge in [0.15, 0.2) is 4.08 Å². The van der Waals surface area contributed by atoms with E-state index in [1.807, 2.05) is 24.3 Å². The van der Waals surface area contributed by atoms with Crippen LogP contribution in [0.2, 0.25) is 0 Å². The Balaban J connectivity index is 2.18. The molecule has 2 rings (SSSR count). The van der Waals surface area contributed by atoms with Crippen LogP contribution >= 0.6 is 23.5 Å². The minimum absolute atomic E-state index is 0.473. The number of hydrogen-bond donors (Lipinski definition) is 0. The summed E-state index contributed by atoms with van der Waals surface area (Å²) in [6.45, 7) is 0. The van der Waals surface area contributed by atoms with Crippen molar-refractivity contribution < 1.29 is 4.74 Å². The zero-order valence-corrected chi connectivity index (χ0v) is 13.1. The van der Waals surface area contributed by atoms with E-state index in [0.29, 0.717) is 6.04 Å². The highest BCUT2D eigenvalue weighted by Gasteiger charge is 2.39. The quantitative estimate of drug-likeness (QED) is 0.857. The average molecular weight is 294 g/mol. The lowest BCUT2D eigenvalue weighted by molar-refractivity contribution is 0.343. The van der Waals surface area contributed by atoms with Crippen LogP contribution < -0.4 is 4.74 Å². The molecule has 0 aliphatic carbocycles. The van der Waals surface area contributed by atoms with Crippen LogP contribution in [0.4, 0.5) is 0 Å². The summed E-state index contributed by atoms with van der Waals surface area (Å²) in [7, 11) is 5.85. The maximum atomic E-state index is 9.61. The Morgan fingerprint density at radius 2 is 1.84 bits per heavy atom. The average Bonchev–Trinajstić information content (AvgIpc) is 2.47. The Morgan fingerprint density at radius 1 is 1.26 bits per heavy atom. The molecule has 1 saturated heterocycles. The summed E-state index contributed by atoms with van der Waals surface area (Å²) >= 11 is 3.47. The third-order valence-electron chi connectivity index (χ3n) is 3.31. The lowest BCUT2D eigenvalue weighted by Gasteiger charge is -2.36. The van der Waals surface area contributed by atoms with E-state index in [1.165, 1.54) is 0 Å². The molecule has 0 aromatic heterocycles. The molecule has 0 radical (unpaired) electrons. The van der Waals surface area contributed by atoms with Crippen molar-refractivity contribution in [1.29, 1.82) is 5.26 Å². The van der Waals surface area contributed by atoms with E-state index in [2.05, 4.69) is 25.1 Å². The molecule has 0 atom stereocenters. The van der Waals surface area contributed by atoms with Crippen molar-refractivity contribution >= 4 is 23.5 Å². The fourth-order valence-electron chi connectivity index (χ4n) is 1.92. The van der Waals surface area contributed by atoms with Crippen LogP contribution in [0.15, 0.2) is 24.3 Å². The van der Waals surface area contributed by atoms with Crippen LogP contribution in [0.3, 0.4) is 0 Å². The Hall–Kier alpha value is -0.830. The van der Waals surface area contributed by atoms with Gasteiger partial charge in [-0.15, -0.1) is 23.5 Å². The molecule has 1 fully saturated rings. The molecule has 1 aromatic rings. The molecule has 0 unspecified atom stereocenters. The molecular formula is C14H18N2OS2. The smallest absolute Gasteiger partial charge is 0.173 e. The highest BCUT2D eigenvalue weighted by atomic mass is 32.2. The number of ether oxygens (including phenoxy) is 1. The van der Waals surface area contributed by atoms with Gasteiger partial charge >= 0.3 is 0 Å². The second-order valence-corrected chi connectivity index (χ2v) is 7.42. The molecule has 0 saturated carbocycles. The predicted molar refractivity (Wildman–Crippen MR) is 82.7 cm³/mol. The van der Waals surface area contributed by atoms with E-state index in [9.17, 15) is 5.26 Å². The highest BCUT2D eigenvalue weighted by Crippen LogP contribution is 2.50. The molecule has 0 amide bonds. The van der Waals surface area contributed by atoms with Crippen molar-refractivity contribution in [2.75, 3.05) is 32.7 Å². The number of hydrogen-bond acceptors (Lipinski definition) is 5. The summed E-state index contributed by atoms with van der Waals surface area (Å²) in [5.74, 6) is 2.80. The number of methoxy groups -OCH3 is 1. The van der Waals surface area contributed by atoms with Crippen molar-refractivity contribution in [1.82, 2.24) is 4.90 Å². The summed E-state index contributed by atoms with van der Waals surface area (Å²) in [6, 6.07) is 10.9. The molecule has 1 aliphatic heterocycles. The van der Waals surface area contributed by atoms with Gasteiger partial charge in [-0.2, -0.15) is 5.26 Å². The van der Waals surface area contributed by atoms with Crippen LogP contribution in [-0.4, -0.2) is 43.7 Å². The maximum Gasteiger partial charge on any atom is 0.173 e. The molecule has 0 N–H and O–H groups in total. The van der Waals surface area contributed by atoms with Crippen molar-refractivity contribution in [2.45, 2.75) is 10.1 Å². The number of rotatable bonds is 3. The second kappa shape index (κ2) is 6.08. The Kier molecular flexibility index (Phi) is 4.67. The number of nitriles is 1. The van der Waals surface area contributed by atoms with Gasteiger partial charge in [0.25, 0.3) is 0 Å². The zero-order chi connectivity index (χ0) is 13.9. The van der Waals surface area contributed by atoms with Gasteiger partial charge in [-0.1, -0.05) is 12.1 Å². The molecule has 3 nitrogen and oxygen atoms in total. The van der Waals surface area contributed by atoms with Gasteiger partial charge in [-0.05, 0) is 31.8 Å². The number of thioether (sulfide) groups is 2. The Bertz CT molecular complexity index is 459. The molecule has 0 bridgehead atoms. The van der Waals surface area contributed by atoms with Gasteiger partial charge in [-0.3, -0.25) is 0 Å². The minimum Gasteiger partial charge on any atom is -0.497 e. The topological polar surface area (TPSA) is 36.3 Å². The van der Waals surface area contributed by atoms with Crippen molar-refractivity contribution in [3.8, 4) is 11.8 Å². The number of nitrogens with zero attached hydrogens (tertiary/aromatic N) is 2. The van der Waals surface area contributed by atoms with Crippen LogP contribution in [0.5, 0.6) is 5.75 Å². The van der Waals surface area contributed by atoms with Crippen LogP contribution in [-0.2, 0) is 4.08 Å². The first-order valence-corrected chi connectivity index (χ1v) is 8.08. The van der Waals surface area contributed by atoms with Crippen LogP contribution in [0.1, 0.15) is 5.56 Å². The maximum absolute atomic E-state index is 9.61. The van der Waals surface area contributed by atoms with Gasteiger partial charge < -0.3 is 9.64 Å². The molecule has 102 valence electrons. The van der Waals surface area contributed by atoms with Gasteiger partial charge in [0, 0.05) is 17.5 Å². The first-order chi connectivity index (χ1) is 9.11. The van der Waals surface area contributed by atoms with Crippen molar-refractivity contribution in [3.63, 3.8) is 0 Å². The van der Waals surface area contributed by atoms with Gasteiger partial charge in [0.05, 0.1) is 13.2 Å². The summed E-state index contributed by atoms with van der Waals surface area (Å²) in [5.41, 5.74) is 1.06. The van der Waals surface area contributed by atoms with Gasteiger partial charge in [-0.25, -0.2) is 0 Å². The Labute approximate surface area is 123 Å². The fraction of sp³-hybridized carbons (Fsp3) is 0.500. The molecule has 0 spiro atoms. The Morgan fingerprint density at radius 3 is 2.26 bits per heavy atom. The third kappa shape index (κ3) is 3.02. The SMILES string of the molecule is COc1ccc(C2(C#N)SCC(N(C)C)CS2)cc1. The second-order valence-electron chi connectivity index (χ2n) is 4.70. The standard InChI is InChI=1S/C14H18N2OS2/c1-16(2)12-8-18-14(10-15,19-9-12)11-4-6-13(17-3)7-5-11/h4-7,12H,8-9H2,1-3H3. The third-order valence-corrected chi connectivity index (χ3v) is 6.58. The van der Waals surface area contributed by atoms with E-state index >= 15 is 0 Å². The van der Waals surface area contributed by atoms with E-state index < -0.39 is 4.08 Å². The van der Waals surface area contributed by atoms with Crippen LogP contribution in [0, 0.1) is 11.3 Å². The monoisotopic (exact) mass is 294 g/mol. The first kappa shape index (κ1) is 14.6. The lowest BCUT2D eigenvalue weighted by Crippen LogP contribution is -2.38. The highest BCUT2D eigenvalue weighted by molar-refractivity contribution is 8.18. The summed E-state index contributed by atoms with van der Waals surface area (Å²) in [6.07, 6.45) is 0. The van der Waals surface area contributed by atoms with Crippen molar-refractivity contribution in [3.05, 3.63) is 29.8 Å². The van der Waals surface area contributed by atoms with E-state index in [4.69, 9.17) is 4.74 Å². The van der Waals surface area contributed by atoms with Gasteiger partial charge in [0.2, 0.25) is 0 Å². The molecule has 1 heterocycles. The fourth-order valence-corrected chi connectivity index (χ4v) is 5.23. The van der Waals surface area contributed by atoms with Crippen molar-refractivity contribution in [2.24, 2.45) is 0 Å². The normalized spacial score (nSPS) is 27.0. The zero-order valence-electron chi connectivity index (χ0n) is 11.4. The van der Waals surface area contributed by atoms with Gasteiger partial charge in [0.1, 0.15) is 5.75 Å².